The van der Waals surface area contributed by atoms with Gasteiger partial charge in [0.15, 0.2) is 0 Å². The van der Waals surface area contributed by atoms with Gasteiger partial charge in [-0.05, 0) is 54.9 Å². The Balaban J connectivity index is 0.00000280. The number of hydrogen-bond acceptors (Lipinski definition) is 4. The third-order valence-corrected chi connectivity index (χ3v) is 5.98. The summed E-state index contributed by atoms with van der Waals surface area (Å²) in [7, 11) is 1.96. The van der Waals surface area contributed by atoms with E-state index in [0.29, 0.717) is 28.1 Å². The summed E-state index contributed by atoms with van der Waals surface area (Å²) in [6.45, 7) is 5.73. The first-order chi connectivity index (χ1) is 13.0. The number of rotatable bonds is 5. The Morgan fingerprint density at radius 2 is 1.75 bits per heavy atom. The number of benzene rings is 1. The van der Waals surface area contributed by atoms with Crippen molar-refractivity contribution in [2.24, 2.45) is 0 Å². The molecule has 0 unspecified atom stereocenters. The molecule has 1 saturated heterocycles. The maximum absolute atomic E-state index is 12.9. The van der Waals surface area contributed by atoms with Crippen molar-refractivity contribution in [2.75, 3.05) is 25.5 Å². The standard InChI is InChI=1S/C21H27N3O2S.ClH/c1-14(2)15-4-6-16(7-5-15)19(25)23-20-18(10-13-27-20)21(26)24-11-8-17(22-3)9-12-24;/h4-7,10,13-14,17,22H,8-9,11-12H2,1-3H3,(H,23,25);1H. The fourth-order valence-electron chi connectivity index (χ4n) is 3.31. The molecule has 0 spiro atoms. The lowest BCUT2D eigenvalue weighted by molar-refractivity contribution is 0.0709. The molecule has 2 heterocycles. The minimum atomic E-state index is -0.185. The molecule has 1 aliphatic rings. The number of thiophene rings is 1. The maximum atomic E-state index is 12.9. The summed E-state index contributed by atoms with van der Waals surface area (Å²) in [4.78, 5) is 27.3. The number of carbonyl (C=O) groups is 2. The zero-order chi connectivity index (χ0) is 19.4. The van der Waals surface area contributed by atoms with E-state index in [-0.39, 0.29) is 24.2 Å². The lowest BCUT2D eigenvalue weighted by atomic mass is 10.0. The van der Waals surface area contributed by atoms with Crippen molar-refractivity contribution < 1.29 is 9.59 Å². The molecule has 1 aromatic heterocycles. The SMILES string of the molecule is CNC1CCN(C(=O)c2ccsc2NC(=O)c2ccc(C(C)C)cc2)CC1.Cl. The number of anilines is 1. The molecule has 0 aliphatic carbocycles. The Hall–Kier alpha value is -1.89. The average Bonchev–Trinajstić information content (AvgIpc) is 3.15. The van der Waals surface area contributed by atoms with Crippen molar-refractivity contribution in [1.29, 1.82) is 0 Å². The van der Waals surface area contributed by atoms with Gasteiger partial charge >= 0.3 is 0 Å². The Morgan fingerprint density at radius 1 is 1.11 bits per heavy atom. The first kappa shape index (κ1) is 22.4. The van der Waals surface area contributed by atoms with Crippen LogP contribution in [0.3, 0.4) is 0 Å². The molecule has 0 saturated carbocycles. The van der Waals surface area contributed by atoms with E-state index >= 15 is 0 Å². The van der Waals surface area contributed by atoms with Crippen molar-refractivity contribution in [3.05, 3.63) is 52.4 Å². The second-order valence-corrected chi connectivity index (χ2v) is 8.17. The van der Waals surface area contributed by atoms with Gasteiger partial charge in [0.25, 0.3) is 11.8 Å². The number of hydrogen-bond donors (Lipinski definition) is 2. The fourth-order valence-corrected chi connectivity index (χ4v) is 4.08. The lowest BCUT2D eigenvalue weighted by Gasteiger charge is -2.31. The van der Waals surface area contributed by atoms with Gasteiger partial charge in [0.05, 0.1) is 5.56 Å². The van der Waals surface area contributed by atoms with Crippen LogP contribution in [0.4, 0.5) is 5.00 Å². The number of amides is 2. The molecule has 1 aliphatic heterocycles. The van der Waals surface area contributed by atoms with E-state index in [2.05, 4.69) is 24.5 Å². The number of piperidine rings is 1. The molecule has 0 atom stereocenters. The zero-order valence-electron chi connectivity index (χ0n) is 16.5. The van der Waals surface area contributed by atoms with E-state index in [0.717, 1.165) is 25.9 Å². The predicted octanol–water partition coefficient (Wildman–Crippen LogP) is 4.37. The van der Waals surface area contributed by atoms with E-state index < -0.39 is 0 Å². The molecule has 1 aromatic carbocycles. The molecule has 152 valence electrons. The highest BCUT2D eigenvalue weighted by atomic mass is 35.5. The highest BCUT2D eigenvalue weighted by Gasteiger charge is 2.25. The van der Waals surface area contributed by atoms with Crippen LogP contribution < -0.4 is 10.6 Å². The predicted molar refractivity (Wildman–Crippen MR) is 118 cm³/mol. The first-order valence-electron chi connectivity index (χ1n) is 9.45. The molecule has 7 heteroatoms. The summed E-state index contributed by atoms with van der Waals surface area (Å²) in [5, 5.41) is 8.66. The smallest absolute Gasteiger partial charge is 0.256 e. The van der Waals surface area contributed by atoms with Gasteiger partial charge in [-0.3, -0.25) is 9.59 Å². The topological polar surface area (TPSA) is 61.4 Å². The van der Waals surface area contributed by atoms with E-state index in [9.17, 15) is 9.59 Å². The van der Waals surface area contributed by atoms with Gasteiger partial charge in [-0.2, -0.15) is 0 Å². The van der Waals surface area contributed by atoms with Crippen LogP contribution in [0.2, 0.25) is 0 Å². The van der Waals surface area contributed by atoms with Crippen molar-refractivity contribution in [2.45, 2.75) is 38.6 Å². The average molecular weight is 422 g/mol. The molecule has 1 fully saturated rings. The zero-order valence-corrected chi connectivity index (χ0v) is 18.2. The molecule has 28 heavy (non-hydrogen) atoms. The molecule has 5 nitrogen and oxygen atoms in total. The minimum absolute atomic E-state index is 0. The second kappa shape index (κ2) is 10.0. The van der Waals surface area contributed by atoms with Crippen molar-refractivity contribution in [3.63, 3.8) is 0 Å². The quantitative estimate of drug-likeness (QED) is 0.753. The summed E-state index contributed by atoms with van der Waals surface area (Å²) in [5.41, 5.74) is 2.37. The van der Waals surface area contributed by atoms with Gasteiger partial charge in [-0.15, -0.1) is 23.7 Å². The number of carbonyl (C=O) groups excluding carboxylic acids is 2. The molecule has 0 radical (unpaired) electrons. The van der Waals surface area contributed by atoms with Crippen LogP contribution >= 0.6 is 23.7 Å². The largest absolute Gasteiger partial charge is 0.338 e. The number of nitrogens with one attached hydrogen (secondary N) is 2. The monoisotopic (exact) mass is 421 g/mol. The van der Waals surface area contributed by atoms with Gasteiger partial charge in [-0.25, -0.2) is 0 Å². The van der Waals surface area contributed by atoms with E-state index in [1.165, 1.54) is 16.9 Å². The number of likely N-dealkylation sites (tertiary alicyclic amines) is 1. The van der Waals surface area contributed by atoms with E-state index in [4.69, 9.17) is 0 Å². The Bertz CT molecular complexity index is 796. The summed E-state index contributed by atoms with van der Waals surface area (Å²) in [6.07, 6.45) is 1.91. The van der Waals surface area contributed by atoms with Crippen molar-refractivity contribution in [1.82, 2.24) is 10.2 Å². The van der Waals surface area contributed by atoms with Crippen molar-refractivity contribution >= 4 is 40.6 Å². The molecule has 2 amide bonds. The number of halogens is 1. The van der Waals surface area contributed by atoms with E-state index in [1.807, 2.05) is 41.6 Å². The maximum Gasteiger partial charge on any atom is 0.256 e. The molecular weight excluding hydrogens is 394 g/mol. The third kappa shape index (κ3) is 5.13. The van der Waals surface area contributed by atoms with Crippen LogP contribution in [0.25, 0.3) is 0 Å². The van der Waals surface area contributed by atoms with Crippen molar-refractivity contribution in [3.8, 4) is 0 Å². The summed E-state index contributed by atoms with van der Waals surface area (Å²) in [6, 6.07) is 9.90. The minimum Gasteiger partial charge on any atom is -0.338 e. The molecular formula is C21H28ClN3O2S. The van der Waals surface area contributed by atoms with E-state index in [1.54, 1.807) is 6.07 Å². The van der Waals surface area contributed by atoms with Crippen LogP contribution in [0.15, 0.2) is 35.7 Å². The van der Waals surface area contributed by atoms with Crippen LogP contribution in [-0.2, 0) is 0 Å². The van der Waals surface area contributed by atoms with Gasteiger partial charge in [0, 0.05) is 24.7 Å². The van der Waals surface area contributed by atoms with Gasteiger partial charge < -0.3 is 15.5 Å². The molecule has 3 rings (SSSR count). The fraction of sp³-hybridized carbons (Fsp3) is 0.429. The van der Waals surface area contributed by atoms with Gasteiger partial charge in [-0.1, -0.05) is 26.0 Å². The molecule has 2 aromatic rings. The van der Waals surface area contributed by atoms with Gasteiger partial charge in [0.2, 0.25) is 0 Å². The summed E-state index contributed by atoms with van der Waals surface area (Å²) in [5.74, 6) is 0.239. The summed E-state index contributed by atoms with van der Waals surface area (Å²) < 4.78 is 0. The second-order valence-electron chi connectivity index (χ2n) is 7.25. The Kier molecular flexibility index (Phi) is 8.04. The van der Waals surface area contributed by atoms with Crippen LogP contribution in [0.5, 0.6) is 0 Å². The normalized spacial score (nSPS) is 14.6. The highest BCUT2D eigenvalue weighted by Crippen LogP contribution is 2.27. The molecule has 2 N–H and O–H groups in total. The first-order valence-corrected chi connectivity index (χ1v) is 10.3. The summed E-state index contributed by atoms with van der Waals surface area (Å²) >= 11 is 1.39. The third-order valence-electron chi connectivity index (χ3n) is 5.15. The Morgan fingerprint density at radius 3 is 2.32 bits per heavy atom. The highest BCUT2D eigenvalue weighted by molar-refractivity contribution is 7.14. The number of nitrogens with zero attached hydrogens (tertiary/aromatic N) is 1. The van der Waals surface area contributed by atoms with Crippen LogP contribution in [0, 0.1) is 0 Å². The van der Waals surface area contributed by atoms with Gasteiger partial charge in [0.1, 0.15) is 5.00 Å². The Labute approximate surface area is 176 Å². The van der Waals surface area contributed by atoms with Crippen LogP contribution in [0.1, 0.15) is 58.9 Å². The van der Waals surface area contributed by atoms with Crippen LogP contribution in [-0.4, -0.2) is 42.9 Å². The lowest BCUT2D eigenvalue weighted by Crippen LogP contribution is -2.44. The molecule has 0 bridgehead atoms.